The van der Waals surface area contributed by atoms with Crippen LogP contribution < -0.4 is 16.1 Å². The molecule has 0 aliphatic rings. The van der Waals surface area contributed by atoms with Crippen molar-refractivity contribution in [1.29, 1.82) is 0 Å². The van der Waals surface area contributed by atoms with E-state index in [1.165, 1.54) is 12.1 Å². The van der Waals surface area contributed by atoms with E-state index in [2.05, 4.69) is 10.6 Å². The highest BCUT2D eigenvalue weighted by Crippen LogP contribution is 2.32. The van der Waals surface area contributed by atoms with Crippen LogP contribution in [-0.2, 0) is 4.84 Å². The molecule has 6 nitrogen and oxygen atoms in total. The molecule has 4 N–H and O–H groups in total. The lowest BCUT2D eigenvalue weighted by molar-refractivity contribution is 0.0164. The monoisotopic (exact) mass is 529 g/mol. The Balaban J connectivity index is 2.31. The zero-order chi connectivity index (χ0) is 20.8. The van der Waals surface area contributed by atoms with Gasteiger partial charge in [0, 0.05) is 3.57 Å². The summed E-state index contributed by atoms with van der Waals surface area (Å²) >= 11 is 7.53. The molecule has 0 saturated heterocycles. The topological polar surface area (TPSA) is 82.6 Å². The van der Waals surface area contributed by atoms with Crippen LogP contribution in [0.4, 0.5) is 24.5 Å². The Hall–Kier alpha value is -1.60. The maximum atomic E-state index is 14.4. The van der Waals surface area contributed by atoms with E-state index in [1.54, 1.807) is 13.1 Å². The number of carbonyl (C=O) groups excluding carboxylic acids is 1. The third-order valence-electron chi connectivity index (χ3n) is 3.68. The van der Waals surface area contributed by atoms with E-state index in [4.69, 9.17) is 21.5 Å². The molecule has 1 amide bonds. The molecule has 0 aliphatic heterocycles. The number of rotatable bonds is 8. The molecule has 28 heavy (non-hydrogen) atoms. The molecule has 1 unspecified atom stereocenters. The quantitative estimate of drug-likeness (QED) is 0.240. The Morgan fingerprint density at radius 1 is 1.29 bits per heavy atom. The van der Waals surface area contributed by atoms with Crippen molar-refractivity contribution < 1.29 is 27.9 Å². The largest absolute Gasteiger partial charge is 0.395 e. The molecule has 152 valence electrons. The molecule has 0 radical (unpaired) electrons. The molecule has 11 heteroatoms. The molecule has 0 aromatic heterocycles. The summed E-state index contributed by atoms with van der Waals surface area (Å²) in [6, 6.07) is 4.49. The number of carbonyl (C=O) groups is 1. The number of hydroxylamine groups is 1. The molecule has 0 fully saturated rings. The number of halogens is 5. The van der Waals surface area contributed by atoms with Crippen LogP contribution in [0.2, 0.25) is 5.02 Å². The van der Waals surface area contributed by atoms with Crippen molar-refractivity contribution in [3.63, 3.8) is 0 Å². The van der Waals surface area contributed by atoms with E-state index in [0.717, 1.165) is 6.07 Å². The van der Waals surface area contributed by atoms with Crippen molar-refractivity contribution in [2.24, 2.45) is 0 Å². The minimum atomic E-state index is -1.45. The van der Waals surface area contributed by atoms with Crippen LogP contribution >= 0.6 is 34.2 Å². The Labute approximate surface area is 177 Å². The Morgan fingerprint density at radius 2 is 2.00 bits per heavy atom. The first-order valence-electron chi connectivity index (χ1n) is 7.88. The first-order chi connectivity index (χ1) is 13.3. The van der Waals surface area contributed by atoms with Crippen molar-refractivity contribution in [3.8, 4) is 0 Å². The van der Waals surface area contributed by atoms with Gasteiger partial charge >= 0.3 is 0 Å². The van der Waals surface area contributed by atoms with Crippen LogP contribution in [0.1, 0.15) is 10.4 Å². The molecule has 0 heterocycles. The highest BCUT2D eigenvalue weighted by Gasteiger charge is 2.23. The van der Waals surface area contributed by atoms with E-state index < -0.39 is 45.7 Å². The lowest BCUT2D eigenvalue weighted by atomic mass is 10.1. The van der Waals surface area contributed by atoms with Gasteiger partial charge in [0.15, 0.2) is 11.6 Å². The minimum Gasteiger partial charge on any atom is -0.395 e. The molecule has 0 bridgehead atoms. The number of aliphatic hydroxyl groups excluding tert-OH is 1. The predicted octanol–water partition coefficient (Wildman–Crippen LogP) is 3.35. The van der Waals surface area contributed by atoms with Crippen molar-refractivity contribution in [1.82, 2.24) is 10.8 Å². The second-order valence-electron chi connectivity index (χ2n) is 5.57. The first kappa shape index (κ1) is 22.7. The summed E-state index contributed by atoms with van der Waals surface area (Å²) in [6.45, 7) is -0.340. The zero-order valence-electron chi connectivity index (χ0n) is 14.5. The van der Waals surface area contributed by atoms with Crippen LogP contribution in [0.15, 0.2) is 24.3 Å². The number of benzene rings is 2. The SMILES string of the molecule is CNC(CO)CONC(=O)c1cc(Cl)c(F)c(F)c1Nc1ccc(I)cc1F. The van der Waals surface area contributed by atoms with Crippen molar-refractivity contribution >= 4 is 51.5 Å². The van der Waals surface area contributed by atoms with Gasteiger partial charge in [0.1, 0.15) is 5.82 Å². The molecule has 0 saturated carbocycles. The van der Waals surface area contributed by atoms with Crippen LogP contribution in [0.3, 0.4) is 0 Å². The summed E-state index contributed by atoms with van der Waals surface area (Å²) in [5.74, 6) is -4.49. The van der Waals surface area contributed by atoms with Crippen molar-refractivity contribution in [3.05, 3.63) is 55.9 Å². The number of anilines is 2. The number of amides is 1. The summed E-state index contributed by atoms with van der Waals surface area (Å²) in [5.41, 5.74) is 0.891. The van der Waals surface area contributed by atoms with Crippen molar-refractivity contribution in [2.45, 2.75) is 6.04 Å². The summed E-state index contributed by atoms with van der Waals surface area (Å²) in [7, 11) is 1.58. The Kier molecular flexibility index (Phi) is 8.31. The van der Waals surface area contributed by atoms with Crippen LogP contribution in [-0.4, -0.2) is 37.3 Å². The summed E-state index contributed by atoms with van der Waals surface area (Å²) in [6.07, 6.45) is 0. The van der Waals surface area contributed by atoms with Gasteiger partial charge in [-0.3, -0.25) is 9.63 Å². The van der Waals surface area contributed by atoms with Gasteiger partial charge in [-0.1, -0.05) is 11.6 Å². The molecule has 0 spiro atoms. The second kappa shape index (κ2) is 10.3. The van der Waals surface area contributed by atoms with Crippen LogP contribution in [0.5, 0.6) is 0 Å². The molecule has 2 aromatic carbocycles. The van der Waals surface area contributed by atoms with Gasteiger partial charge in [0.2, 0.25) is 0 Å². The van der Waals surface area contributed by atoms with E-state index in [1.807, 2.05) is 28.1 Å². The number of nitrogens with one attached hydrogen (secondary N) is 3. The zero-order valence-corrected chi connectivity index (χ0v) is 17.4. The van der Waals surface area contributed by atoms with Crippen molar-refractivity contribution in [2.75, 3.05) is 25.6 Å². The highest BCUT2D eigenvalue weighted by atomic mass is 127. The predicted molar refractivity (Wildman–Crippen MR) is 107 cm³/mol. The third-order valence-corrected chi connectivity index (χ3v) is 4.62. The maximum Gasteiger partial charge on any atom is 0.277 e. The fraction of sp³-hybridized carbons (Fsp3) is 0.235. The van der Waals surface area contributed by atoms with E-state index in [-0.39, 0.29) is 18.9 Å². The standard InChI is InChI=1S/C17H16ClF3IN3O3/c1-23-9(6-26)7-28-25-17(27)10-5-11(18)14(20)15(21)16(10)24-13-3-2-8(22)4-12(13)19/h2-5,9,23-24,26H,6-7H2,1H3,(H,25,27). The molecular weight excluding hydrogens is 514 g/mol. The summed E-state index contributed by atoms with van der Waals surface area (Å²) in [4.78, 5) is 17.3. The molecular formula is C17H16ClF3IN3O3. The van der Waals surface area contributed by atoms with Gasteiger partial charge in [-0.25, -0.2) is 18.7 Å². The Morgan fingerprint density at radius 3 is 2.61 bits per heavy atom. The average Bonchev–Trinajstić information content (AvgIpc) is 2.67. The van der Waals surface area contributed by atoms with E-state index >= 15 is 0 Å². The lowest BCUT2D eigenvalue weighted by Gasteiger charge is -2.16. The van der Waals surface area contributed by atoms with Crippen LogP contribution in [0.25, 0.3) is 0 Å². The number of aliphatic hydroxyl groups is 1. The maximum absolute atomic E-state index is 14.4. The van der Waals surface area contributed by atoms with Gasteiger partial charge in [-0.15, -0.1) is 0 Å². The molecule has 2 aromatic rings. The van der Waals surface area contributed by atoms with Crippen LogP contribution in [0, 0.1) is 21.0 Å². The summed E-state index contributed by atoms with van der Waals surface area (Å²) in [5, 5.41) is 13.6. The second-order valence-corrected chi connectivity index (χ2v) is 7.22. The number of hydrogen-bond acceptors (Lipinski definition) is 5. The lowest BCUT2D eigenvalue weighted by Crippen LogP contribution is -2.37. The van der Waals surface area contributed by atoms with Gasteiger partial charge in [-0.05, 0) is 53.9 Å². The first-order valence-corrected chi connectivity index (χ1v) is 9.34. The smallest absolute Gasteiger partial charge is 0.277 e. The number of hydrogen-bond donors (Lipinski definition) is 4. The van der Waals surface area contributed by atoms with Gasteiger partial charge in [0.05, 0.1) is 41.2 Å². The number of likely N-dealkylation sites (N-methyl/N-ethyl adjacent to an activating group) is 1. The van der Waals surface area contributed by atoms with E-state index in [0.29, 0.717) is 3.57 Å². The average molecular weight is 530 g/mol. The highest BCUT2D eigenvalue weighted by molar-refractivity contribution is 14.1. The normalized spacial score (nSPS) is 12.0. The molecule has 1 atom stereocenters. The van der Waals surface area contributed by atoms with Gasteiger partial charge in [-0.2, -0.15) is 0 Å². The summed E-state index contributed by atoms with van der Waals surface area (Å²) < 4.78 is 43.0. The molecule has 0 aliphatic carbocycles. The third kappa shape index (κ3) is 5.47. The Bertz CT molecular complexity index is 869. The van der Waals surface area contributed by atoms with Gasteiger partial charge in [0.25, 0.3) is 5.91 Å². The fourth-order valence-corrected chi connectivity index (χ4v) is 2.76. The molecule has 2 rings (SSSR count). The van der Waals surface area contributed by atoms with E-state index in [9.17, 15) is 18.0 Å². The fourth-order valence-electron chi connectivity index (χ4n) is 2.11. The minimum absolute atomic E-state index is 0.0926. The van der Waals surface area contributed by atoms with Gasteiger partial charge < -0.3 is 15.7 Å².